The molecule has 0 atom stereocenters. The first-order valence-corrected chi connectivity index (χ1v) is 8.18. The second-order valence-electron chi connectivity index (χ2n) is 5.59. The molecule has 0 aliphatic carbocycles. The Hall–Kier alpha value is -3.95. The zero-order valence-electron chi connectivity index (χ0n) is 14.6. The third-order valence-corrected chi connectivity index (χ3v) is 3.51. The standard InChI is InChI=1S/C18H17N3O7/c22-16(23)4-1-9-19-17(24)14(20-18(25)15-3-2-10-28-15)11-12-5-7-13(8-6-12)21(26)27/h2-3,5-8,10-11H,1,4,9H2,(H,19,24)(H,20,25)(H,22,23). The van der Waals surface area contributed by atoms with Gasteiger partial charge in [-0.15, -0.1) is 0 Å². The second-order valence-corrected chi connectivity index (χ2v) is 5.59. The fraction of sp³-hybridized carbons (Fsp3) is 0.167. The lowest BCUT2D eigenvalue weighted by molar-refractivity contribution is -0.384. The zero-order chi connectivity index (χ0) is 20.5. The Labute approximate surface area is 159 Å². The van der Waals surface area contributed by atoms with E-state index in [1.54, 1.807) is 0 Å². The molecule has 0 aliphatic heterocycles. The Bertz CT molecular complexity index is 886. The lowest BCUT2D eigenvalue weighted by Gasteiger charge is -2.10. The van der Waals surface area contributed by atoms with Crippen molar-refractivity contribution in [1.82, 2.24) is 10.6 Å². The number of carbonyl (C=O) groups excluding carboxylic acids is 2. The van der Waals surface area contributed by atoms with E-state index in [1.165, 1.54) is 48.7 Å². The summed E-state index contributed by atoms with van der Waals surface area (Å²) in [5, 5.41) is 24.3. The number of nitro groups is 1. The summed E-state index contributed by atoms with van der Waals surface area (Å²) in [5.74, 6) is -2.28. The third kappa shape index (κ3) is 6.09. The van der Waals surface area contributed by atoms with Crippen LogP contribution < -0.4 is 10.6 Å². The van der Waals surface area contributed by atoms with Crippen molar-refractivity contribution in [2.45, 2.75) is 12.8 Å². The fourth-order valence-electron chi connectivity index (χ4n) is 2.15. The van der Waals surface area contributed by atoms with E-state index in [1.807, 2.05) is 0 Å². The van der Waals surface area contributed by atoms with Gasteiger partial charge in [0.2, 0.25) is 0 Å². The van der Waals surface area contributed by atoms with Crippen LogP contribution in [0.25, 0.3) is 6.08 Å². The molecule has 1 aromatic carbocycles. The van der Waals surface area contributed by atoms with Crippen LogP contribution in [0.2, 0.25) is 0 Å². The van der Waals surface area contributed by atoms with E-state index in [9.17, 15) is 24.5 Å². The number of nitrogens with one attached hydrogen (secondary N) is 2. The van der Waals surface area contributed by atoms with Crippen molar-refractivity contribution in [1.29, 1.82) is 0 Å². The number of hydrogen-bond donors (Lipinski definition) is 3. The van der Waals surface area contributed by atoms with Gasteiger partial charge in [-0.25, -0.2) is 0 Å². The van der Waals surface area contributed by atoms with Gasteiger partial charge in [0.25, 0.3) is 17.5 Å². The molecule has 0 unspecified atom stereocenters. The molecule has 0 bridgehead atoms. The van der Waals surface area contributed by atoms with Crippen LogP contribution in [0.4, 0.5) is 5.69 Å². The molecule has 0 saturated heterocycles. The minimum Gasteiger partial charge on any atom is -0.481 e. The Morgan fingerprint density at radius 1 is 1.18 bits per heavy atom. The number of furan rings is 1. The van der Waals surface area contributed by atoms with E-state index in [-0.39, 0.29) is 36.5 Å². The van der Waals surface area contributed by atoms with Crippen LogP contribution in [0.15, 0.2) is 52.8 Å². The molecule has 2 rings (SSSR count). The van der Waals surface area contributed by atoms with Gasteiger partial charge in [0.05, 0.1) is 11.2 Å². The molecule has 3 N–H and O–H groups in total. The Morgan fingerprint density at radius 2 is 1.89 bits per heavy atom. The Balaban J connectivity index is 2.16. The number of hydrogen-bond acceptors (Lipinski definition) is 6. The molecule has 10 nitrogen and oxygen atoms in total. The molecule has 2 aromatic rings. The number of nitrogens with zero attached hydrogens (tertiary/aromatic N) is 1. The topological polar surface area (TPSA) is 152 Å². The lowest BCUT2D eigenvalue weighted by atomic mass is 10.1. The molecule has 146 valence electrons. The number of carboxylic acids is 1. The van der Waals surface area contributed by atoms with Crippen LogP contribution in [0.1, 0.15) is 29.0 Å². The lowest BCUT2D eigenvalue weighted by Crippen LogP contribution is -2.35. The van der Waals surface area contributed by atoms with Crippen LogP contribution >= 0.6 is 0 Å². The summed E-state index contributed by atoms with van der Waals surface area (Å²) in [6.45, 7) is 0.0966. The number of amides is 2. The Kier molecular flexibility index (Phi) is 7.03. The van der Waals surface area contributed by atoms with Crippen LogP contribution in [-0.2, 0) is 9.59 Å². The van der Waals surface area contributed by atoms with E-state index < -0.39 is 22.7 Å². The van der Waals surface area contributed by atoms with E-state index in [0.29, 0.717) is 5.56 Å². The molecule has 10 heteroatoms. The summed E-state index contributed by atoms with van der Waals surface area (Å²) in [7, 11) is 0. The van der Waals surface area contributed by atoms with E-state index in [0.717, 1.165) is 0 Å². The van der Waals surface area contributed by atoms with Crippen LogP contribution in [0.3, 0.4) is 0 Å². The van der Waals surface area contributed by atoms with Gasteiger partial charge in [0, 0.05) is 25.1 Å². The first-order valence-electron chi connectivity index (χ1n) is 8.18. The van der Waals surface area contributed by atoms with E-state index >= 15 is 0 Å². The van der Waals surface area contributed by atoms with Crippen molar-refractivity contribution in [2.24, 2.45) is 0 Å². The van der Waals surface area contributed by atoms with E-state index in [2.05, 4.69) is 10.6 Å². The minimum atomic E-state index is -0.984. The molecule has 2 amide bonds. The summed E-state index contributed by atoms with van der Waals surface area (Å²) in [5.41, 5.74) is 0.211. The predicted octanol–water partition coefficient (Wildman–Crippen LogP) is 1.94. The van der Waals surface area contributed by atoms with Gasteiger partial charge in [-0.2, -0.15) is 0 Å². The van der Waals surface area contributed by atoms with Crippen LogP contribution in [0.5, 0.6) is 0 Å². The SMILES string of the molecule is O=C(O)CCCNC(=O)C(=Cc1ccc([N+](=O)[O-])cc1)NC(=O)c1ccco1. The number of nitro benzene ring substituents is 1. The predicted molar refractivity (Wildman–Crippen MR) is 97.1 cm³/mol. The van der Waals surface area contributed by atoms with Gasteiger partial charge < -0.3 is 20.2 Å². The van der Waals surface area contributed by atoms with E-state index in [4.69, 9.17) is 9.52 Å². The summed E-state index contributed by atoms with van der Waals surface area (Å²) in [6, 6.07) is 8.32. The number of benzene rings is 1. The number of carboxylic acid groups (broad SMARTS) is 1. The average Bonchev–Trinajstić information content (AvgIpc) is 3.19. The molecule has 0 saturated carbocycles. The summed E-state index contributed by atoms with van der Waals surface area (Å²) < 4.78 is 4.98. The normalized spacial score (nSPS) is 10.9. The van der Waals surface area contributed by atoms with Gasteiger partial charge >= 0.3 is 5.97 Å². The number of non-ortho nitro benzene ring substituents is 1. The van der Waals surface area contributed by atoms with Gasteiger partial charge in [0.1, 0.15) is 5.70 Å². The van der Waals surface area contributed by atoms with Crippen LogP contribution in [-0.4, -0.2) is 34.4 Å². The molecular weight excluding hydrogens is 370 g/mol. The molecular formula is C18H17N3O7. The van der Waals surface area contributed by atoms with Gasteiger partial charge in [-0.05, 0) is 42.3 Å². The Morgan fingerprint density at radius 3 is 2.46 bits per heavy atom. The number of rotatable bonds is 9. The van der Waals surface area contributed by atoms with Gasteiger partial charge in [-0.1, -0.05) is 0 Å². The quantitative estimate of drug-likeness (QED) is 0.257. The molecule has 0 aliphatic rings. The van der Waals surface area contributed by atoms with Gasteiger partial charge in [0.15, 0.2) is 5.76 Å². The molecule has 1 heterocycles. The minimum absolute atomic E-state index is 0.00623. The fourth-order valence-corrected chi connectivity index (χ4v) is 2.15. The average molecular weight is 387 g/mol. The maximum atomic E-state index is 12.4. The first-order chi connectivity index (χ1) is 13.4. The maximum absolute atomic E-state index is 12.4. The number of aliphatic carboxylic acids is 1. The van der Waals surface area contributed by atoms with Gasteiger partial charge in [-0.3, -0.25) is 24.5 Å². The summed E-state index contributed by atoms with van der Waals surface area (Å²) >= 11 is 0. The highest BCUT2D eigenvalue weighted by Crippen LogP contribution is 2.14. The summed E-state index contributed by atoms with van der Waals surface area (Å²) in [6.07, 6.45) is 2.76. The third-order valence-electron chi connectivity index (χ3n) is 3.51. The van der Waals surface area contributed by atoms with Crippen LogP contribution in [0, 0.1) is 10.1 Å². The molecule has 0 spiro atoms. The smallest absolute Gasteiger partial charge is 0.303 e. The van der Waals surface area contributed by atoms with Crippen molar-refractivity contribution in [3.8, 4) is 0 Å². The van der Waals surface area contributed by atoms with Crippen molar-refractivity contribution in [3.63, 3.8) is 0 Å². The monoisotopic (exact) mass is 387 g/mol. The molecule has 0 radical (unpaired) electrons. The molecule has 28 heavy (non-hydrogen) atoms. The highest BCUT2D eigenvalue weighted by molar-refractivity contribution is 6.04. The summed E-state index contributed by atoms with van der Waals surface area (Å²) in [4.78, 5) is 45.3. The van der Waals surface area contributed by atoms with Crippen molar-refractivity contribution < 1.29 is 28.8 Å². The highest BCUT2D eigenvalue weighted by Gasteiger charge is 2.16. The first kappa shape index (κ1) is 20.4. The second kappa shape index (κ2) is 9.67. The molecule has 0 fully saturated rings. The molecule has 1 aromatic heterocycles. The highest BCUT2D eigenvalue weighted by atomic mass is 16.6. The maximum Gasteiger partial charge on any atom is 0.303 e. The van der Waals surface area contributed by atoms with Crippen molar-refractivity contribution in [3.05, 3.63) is 69.8 Å². The number of carbonyl (C=O) groups is 3. The van der Waals surface area contributed by atoms with Crippen molar-refractivity contribution >= 4 is 29.5 Å². The largest absolute Gasteiger partial charge is 0.481 e. The van der Waals surface area contributed by atoms with Crippen molar-refractivity contribution in [2.75, 3.05) is 6.54 Å². The zero-order valence-corrected chi connectivity index (χ0v) is 14.6.